The van der Waals surface area contributed by atoms with Gasteiger partial charge in [-0.25, -0.2) is 4.90 Å². The van der Waals surface area contributed by atoms with Crippen molar-refractivity contribution in [3.63, 3.8) is 0 Å². The van der Waals surface area contributed by atoms with Crippen LogP contribution in [0.25, 0.3) is 0 Å². The Labute approximate surface area is 175 Å². The summed E-state index contributed by atoms with van der Waals surface area (Å²) in [5, 5.41) is 11.1. The first kappa shape index (κ1) is 20.7. The molecule has 4 rings (SSSR count). The fourth-order valence-electron chi connectivity index (χ4n) is 4.56. The summed E-state index contributed by atoms with van der Waals surface area (Å²) in [5.41, 5.74) is -3.19. The number of anilines is 1. The normalized spacial score (nSPS) is 30.6. The Morgan fingerprint density at radius 3 is 2.32 bits per heavy atom. The van der Waals surface area contributed by atoms with Crippen LogP contribution in [-0.2, 0) is 33.4 Å². The summed E-state index contributed by atoms with van der Waals surface area (Å²) < 4.78 is 16.4. The lowest BCUT2D eigenvalue weighted by Crippen LogP contribution is -2.52. The number of carbonyl (C=O) groups is 4. The highest BCUT2D eigenvalue weighted by Gasteiger charge is 2.76. The molecule has 0 unspecified atom stereocenters. The molecule has 0 radical (unpaired) electrons. The molecule has 31 heavy (non-hydrogen) atoms. The Bertz CT molecular complexity index is 1050. The lowest BCUT2D eigenvalue weighted by atomic mass is 9.72. The maximum Gasteiger partial charge on any atom is 0.305 e. The topological polar surface area (TPSA) is 142 Å². The summed E-state index contributed by atoms with van der Waals surface area (Å²) in [5.74, 6) is -5.04. The monoisotopic (exact) mass is 430 g/mol. The number of hydrogen-bond donors (Lipinski definition) is 0. The number of carbonyl (C=O) groups excluding carboxylic acids is 4. The van der Waals surface area contributed by atoms with Gasteiger partial charge in [0.2, 0.25) is 11.8 Å². The second kappa shape index (κ2) is 6.71. The van der Waals surface area contributed by atoms with Crippen LogP contribution in [-0.4, -0.2) is 46.2 Å². The number of esters is 2. The Morgan fingerprint density at radius 1 is 1.13 bits per heavy atom. The molecule has 2 fully saturated rings. The van der Waals surface area contributed by atoms with E-state index in [0.717, 1.165) is 24.8 Å². The number of rotatable bonds is 5. The van der Waals surface area contributed by atoms with E-state index in [1.54, 1.807) is 13.0 Å². The lowest BCUT2D eigenvalue weighted by Gasteiger charge is -2.34. The molecule has 11 nitrogen and oxygen atoms in total. The molecule has 4 atom stereocenters. The van der Waals surface area contributed by atoms with E-state index in [1.807, 2.05) is 0 Å². The minimum absolute atomic E-state index is 0.0354. The highest BCUT2D eigenvalue weighted by Crippen LogP contribution is 2.59. The number of non-ortho nitro benzene ring substituents is 1. The third-order valence-electron chi connectivity index (χ3n) is 5.69. The first-order valence-electron chi connectivity index (χ1n) is 9.37. The van der Waals surface area contributed by atoms with Crippen LogP contribution in [0.1, 0.15) is 20.8 Å². The van der Waals surface area contributed by atoms with Gasteiger partial charge in [-0.2, -0.15) is 0 Å². The maximum atomic E-state index is 13.4. The van der Waals surface area contributed by atoms with E-state index in [2.05, 4.69) is 0 Å². The molecule has 3 aliphatic heterocycles. The van der Waals surface area contributed by atoms with Crippen molar-refractivity contribution >= 4 is 35.1 Å². The van der Waals surface area contributed by atoms with Gasteiger partial charge in [0.1, 0.15) is 0 Å². The standard InChI is InChI=1S/C20H18N2O9/c1-10(23)29-18(30-11(2)24)20-8-7-19(3,31-20)14-15(20)17(26)21(16(14)25)12-5-4-6-13(9-12)22(27)28/h4-9,14-15,18H,1-3H3/t14-,15+,19-,20+/m1/s1. The average molecular weight is 430 g/mol. The van der Waals surface area contributed by atoms with E-state index < -0.39 is 58.0 Å². The van der Waals surface area contributed by atoms with Crippen LogP contribution in [0.15, 0.2) is 36.4 Å². The number of amides is 2. The van der Waals surface area contributed by atoms with E-state index in [-0.39, 0.29) is 11.4 Å². The van der Waals surface area contributed by atoms with Crippen molar-refractivity contribution in [1.29, 1.82) is 0 Å². The van der Waals surface area contributed by atoms with Gasteiger partial charge < -0.3 is 14.2 Å². The number of nitro benzene ring substituents is 1. The summed E-state index contributed by atoms with van der Waals surface area (Å²) in [6.07, 6.45) is 1.43. The third kappa shape index (κ3) is 2.92. The number of nitro groups is 1. The predicted molar refractivity (Wildman–Crippen MR) is 101 cm³/mol. The molecular weight excluding hydrogens is 412 g/mol. The van der Waals surface area contributed by atoms with Crippen molar-refractivity contribution < 1.29 is 38.3 Å². The van der Waals surface area contributed by atoms with Gasteiger partial charge in [-0.3, -0.25) is 29.3 Å². The van der Waals surface area contributed by atoms with Gasteiger partial charge in [0.25, 0.3) is 12.0 Å². The maximum absolute atomic E-state index is 13.4. The second-order valence-corrected chi connectivity index (χ2v) is 7.77. The van der Waals surface area contributed by atoms with E-state index in [9.17, 15) is 29.3 Å². The van der Waals surface area contributed by atoms with Crippen molar-refractivity contribution in [3.05, 3.63) is 46.5 Å². The highest BCUT2D eigenvalue weighted by atomic mass is 16.7. The summed E-state index contributed by atoms with van der Waals surface area (Å²) in [6, 6.07) is 5.13. The molecule has 3 aliphatic rings. The average Bonchev–Trinajstić information content (AvgIpc) is 3.26. The van der Waals surface area contributed by atoms with Crippen LogP contribution in [0.3, 0.4) is 0 Å². The summed E-state index contributed by atoms with van der Waals surface area (Å²) in [7, 11) is 0. The molecule has 1 aromatic carbocycles. The van der Waals surface area contributed by atoms with Crippen LogP contribution in [0.2, 0.25) is 0 Å². The Hall–Kier alpha value is -3.60. The number of imide groups is 1. The number of benzene rings is 1. The largest absolute Gasteiger partial charge is 0.422 e. The van der Waals surface area contributed by atoms with E-state index in [0.29, 0.717) is 0 Å². The van der Waals surface area contributed by atoms with Crippen LogP contribution in [0, 0.1) is 22.0 Å². The molecule has 3 heterocycles. The van der Waals surface area contributed by atoms with Gasteiger partial charge in [0.15, 0.2) is 5.60 Å². The van der Waals surface area contributed by atoms with E-state index in [4.69, 9.17) is 14.2 Å². The van der Waals surface area contributed by atoms with E-state index in [1.165, 1.54) is 24.3 Å². The quantitative estimate of drug-likeness (QED) is 0.168. The lowest BCUT2D eigenvalue weighted by molar-refractivity contribution is -0.384. The van der Waals surface area contributed by atoms with Crippen molar-refractivity contribution in [3.8, 4) is 0 Å². The van der Waals surface area contributed by atoms with Gasteiger partial charge in [-0.15, -0.1) is 0 Å². The molecule has 2 saturated heterocycles. The van der Waals surface area contributed by atoms with Gasteiger partial charge >= 0.3 is 11.9 Å². The Balaban J connectivity index is 1.79. The molecule has 0 spiro atoms. The summed E-state index contributed by atoms with van der Waals surface area (Å²) in [4.78, 5) is 61.4. The molecule has 2 bridgehead atoms. The fraction of sp³-hybridized carbons (Fsp3) is 0.400. The molecule has 0 aliphatic carbocycles. The molecule has 162 valence electrons. The zero-order valence-corrected chi connectivity index (χ0v) is 16.8. The molecule has 2 amide bonds. The molecule has 11 heteroatoms. The number of ether oxygens (including phenoxy) is 3. The Kier molecular flexibility index (Phi) is 4.47. The smallest absolute Gasteiger partial charge is 0.305 e. The van der Waals surface area contributed by atoms with Gasteiger partial charge in [-0.05, 0) is 19.1 Å². The number of fused-ring (bicyclic) bond motifs is 5. The van der Waals surface area contributed by atoms with Crippen molar-refractivity contribution in [1.82, 2.24) is 0 Å². The van der Waals surface area contributed by atoms with Gasteiger partial charge in [0, 0.05) is 26.0 Å². The third-order valence-corrected chi connectivity index (χ3v) is 5.69. The summed E-state index contributed by atoms with van der Waals surface area (Å²) in [6.45, 7) is 3.81. The highest BCUT2D eigenvalue weighted by molar-refractivity contribution is 6.23. The van der Waals surface area contributed by atoms with Gasteiger partial charge in [0.05, 0.1) is 28.0 Å². The van der Waals surface area contributed by atoms with Crippen LogP contribution >= 0.6 is 0 Å². The minimum Gasteiger partial charge on any atom is -0.422 e. The zero-order chi connectivity index (χ0) is 22.7. The first-order valence-corrected chi connectivity index (χ1v) is 9.37. The van der Waals surface area contributed by atoms with Gasteiger partial charge in [-0.1, -0.05) is 12.1 Å². The molecule has 1 aromatic rings. The number of nitrogens with zero attached hydrogens (tertiary/aromatic N) is 2. The zero-order valence-electron chi connectivity index (χ0n) is 16.8. The second-order valence-electron chi connectivity index (χ2n) is 7.77. The van der Waals surface area contributed by atoms with Crippen LogP contribution in [0.4, 0.5) is 11.4 Å². The number of hydrogen-bond acceptors (Lipinski definition) is 9. The van der Waals surface area contributed by atoms with Crippen molar-refractivity contribution in [2.45, 2.75) is 38.3 Å². The van der Waals surface area contributed by atoms with Crippen molar-refractivity contribution in [2.75, 3.05) is 4.90 Å². The molecule has 0 saturated carbocycles. The Morgan fingerprint density at radius 2 is 1.74 bits per heavy atom. The van der Waals surface area contributed by atoms with Crippen LogP contribution in [0.5, 0.6) is 0 Å². The molecule has 0 aromatic heterocycles. The fourth-order valence-corrected chi connectivity index (χ4v) is 4.56. The first-order chi connectivity index (χ1) is 14.5. The van der Waals surface area contributed by atoms with Crippen molar-refractivity contribution in [2.24, 2.45) is 11.8 Å². The van der Waals surface area contributed by atoms with Crippen LogP contribution < -0.4 is 4.90 Å². The molecular formula is C20H18N2O9. The molecule has 0 N–H and O–H groups in total. The SMILES string of the molecule is CC(=O)OC(OC(C)=O)[C@@]12C=C[C@@](C)(O1)[C@H]1C(=O)N(c3cccc([N+](=O)[O-])c3)C(=O)[C@H]12. The van der Waals surface area contributed by atoms with E-state index >= 15 is 0 Å². The summed E-state index contributed by atoms with van der Waals surface area (Å²) >= 11 is 0. The predicted octanol–water partition coefficient (Wildman–Crippen LogP) is 1.25. The minimum atomic E-state index is -1.71.